The Morgan fingerprint density at radius 1 is 1.19 bits per heavy atom. The van der Waals surface area contributed by atoms with E-state index in [1.54, 1.807) is 18.2 Å². The number of nitrogens with one attached hydrogen (secondary N) is 1. The molecule has 9 heteroatoms. The highest BCUT2D eigenvalue weighted by Gasteiger charge is 2.14. The fraction of sp³-hybridized carbons (Fsp3) is 0.318. The number of hydrogen-bond donors (Lipinski definition) is 1. The van der Waals surface area contributed by atoms with Gasteiger partial charge < -0.3 is 14.6 Å². The van der Waals surface area contributed by atoms with Crippen molar-refractivity contribution in [1.82, 2.24) is 20.1 Å². The maximum absolute atomic E-state index is 12.3. The lowest BCUT2D eigenvalue weighted by atomic mass is 10.1. The molecule has 1 heterocycles. The van der Waals surface area contributed by atoms with E-state index in [4.69, 9.17) is 27.9 Å². The standard InChI is InChI=1S/C22H24Cl2N4O2S/c1-15(16-7-4-3-5-8-16)25-21(29)14-31-22-27-26-20(28(22)2)9-6-12-30-19-11-10-17(23)13-18(19)24/h3-5,7-8,10-11,13,15H,6,9,12,14H2,1-2H3,(H,25,29). The smallest absolute Gasteiger partial charge is 0.230 e. The van der Waals surface area contributed by atoms with Crippen molar-refractivity contribution >= 4 is 40.9 Å². The molecule has 0 aliphatic rings. The minimum Gasteiger partial charge on any atom is -0.492 e. The summed E-state index contributed by atoms with van der Waals surface area (Å²) < 4.78 is 7.62. The number of aryl methyl sites for hydroxylation is 1. The molecular weight excluding hydrogens is 455 g/mol. The first-order valence-corrected chi connectivity index (χ1v) is 11.6. The number of rotatable bonds is 10. The van der Waals surface area contributed by atoms with Crippen molar-refractivity contribution in [3.05, 3.63) is 70.0 Å². The first-order valence-electron chi connectivity index (χ1n) is 9.87. The van der Waals surface area contributed by atoms with Crippen LogP contribution in [-0.4, -0.2) is 33.0 Å². The summed E-state index contributed by atoms with van der Waals surface area (Å²) in [4.78, 5) is 12.3. The monoisotopic (exact) mass is 478 g/mol. The molecule has 1 amide bonds. The molecule has 1 aromatic heterocycles. The number of thioether (sulfide) groups is 1. The van der Waals surface area contributed by atoms with E-state index in [9.17, 15) is 4.79 Å². The topological polar surface area (TPSA) is 69.0 Å². The van der Waals surface area contributed by atoms with Crippen LogP contribution >= 0.6 is 35.0 Å². The third-order valence-electron chi connectivity index (χ3n) is 4.63. The summed E-state index contributed by atoms with van der Waals surface area (Å²) in [5, 5.41) is 13.2. The van der Waals surface area contributed by atoms with E-state index in [0.29, 0.717) is 34.0 Å². The number of halogens is 2. The second-order valence-corrected chi connectivity index (χ2v) is 8.76. The summed E-state index contributed by atoms with van der Waals surface area (Å²) in [6.07, 6.45) is 1.46. The molecule has 31 heavy (non-hydrogen) atoms. The van der Waals surface area contributed by atoms with Crippen molar-refractivity contribution in [3.63, 3.8) is 0 Å². The number of aromatic nitrogens is 3. The molecule has 164 valence electrons. The predicted molar refractivity (Wildman–Crippen MR) is 125 cm³/mol. The summed E-state index contributed by atoms with van der Waals surface area (Å²) in [6.45, 7) is 2.47. The number of benzene rings is 2. The van der Waals surface area contributed by atoms with Crippen LogP contribution in [0.4, 0.5) is 0 Å². The Balaban J connectivity index is 1.42. The molecule has 0 aliphatic heterocycles. The number of nitrogens with zero attached hydrogens (tertiary/aromatic N) is 3. The van der Waals surface area contributed by atoms with Gasteiger partial charge in [-0.25, -0.2) is 0 Å². The van der Waals surface area contributed by atoms with Crippen molar-refractivity contribution in [3.8, 4) is 5.75 Å². The summed E-state index contributed by atoms with van der Waals surface area (Å²) in [5.41, 5.74) is 1.07. The van der Waals surface area contributed by atoms with Gasteiger partial charge >= 0.3 is 0 Å². The number of carbonyl (C=O) groups excluding carboxylic acids is 1. The van der Waals surface area contributed by atoms with Crippen LogP contribution in [0.25, 0.3) is 0 Å². The Bertz CT molecular complexity index is 1010. The van der Waals surface area contributed by atoms with Crippen LogP contribution in [0.5, 0.6) is 5.75 Å². The third-order valence-corrected chi connectivity index (χ3v) is 6.18. The van der Waals surface area contributed by atoms with Crippen LogP contribution in [0.1, 0.15) is 30.8 Å². The highest BCUT2D eigenvalue weighted by molar-refractivity contribution is 7.99. The van der Waals surface area contributed by atoms with Crippen LogP contribution in [0, 0.1) is 0 Å². The van der Waals surface area contributed by atoms with Gasteiger partial charge in [0.1, 0.15) is 11.6 Å². The lowest BCUT2D eigenvalue weighted by molar-refractivity contribution is -0.119. The van der Waals surface area contributed by atoms with Crippen molar-refractivity contribution in [2.75, 3.05) is 12.4 Å². The van der Waals surface area contributed by atoms with Crippen molar-refractivity contribution in [2.24, 2.45) is 7.05 Å². The largest absolute Gasteiger partial charge is 0.492 e. The Labute approximate surface area is 196 Å². The average molecular weight is 479 g/mol. The lowest BCUT2D eigenvalue weighted by Crippen LogP contribution is -2.28. The zero-order chi connectivity index (χ0) is 22.2. The van der Waals surface area contributed by atoms with Crippen molar-refractivity contribution in [1.29, 1.82) is 0 Å². The Morgan fingerprint density at radius 2 is 1.97 bits per heavy atom. The van der Waals surface area contributed by atoms with E-state index in [-0.39, 0.29) is 17.7 Å². The molecular formula is C22H24Cl2N4O2S. The Hall–Kier alpha value is -2.22. The Morgan fingerprint density at radius 3 is 2.71 bits per heavy atom. The molecule has 0 aliphatic carbocycles. The highest BCUT2D eigenvalue weighted by atomic mass is 35.5. The second kappa shape index (κ2) is 11.4. The first kappa shape index (κ1) is 23.4. The minimum absolute atomic E-state index is 0.0425. The van der Waals surface area contributed by atoms with Gasteiger partial charge in [-0.1, -0.05) is 65.3 Å². The fourth-order valence-corrected chi connectivity index (χ4v) is 4.14. The molecule has 1 unspecified atom stereocenters. The first-order chi connectivity index (χ1) is 14.9. The van der Waals surface area contributed by atoms with E-state index in [1.165, 1.54) is 11.8 Å². The number of carbonyl (C=O) groups is 1. The number of amides is 1. The molecule has 1 N–H and O–H groups in total. The maximum atomic E-state index is 12.3. The van der Waals surface area contributed by atoms with Gasteiger partial charge in [0, 0.05) is 18.5 Å². The normalized spacial score (nSPS) is 11.9. The fourth-order valence-electron chi connectivity index (χ4n) is 2.93. The number of ether oxygens (including phenoxy) is 1. The second-order valence-electron chi connectivity index (χ2n) is 6.97. The minimum atomic E-state index is -0.0431. The molecule has 3 rings (SSSR count). The molecule has 3 aromatic rings. The van der Waals surface area contributed by atoms with Gasteiger partial charge in [-0.2, -0.15) is 0 Å². The van der Waals surface area contributed by atoms with Gasteiger partial charge in [0.05, 0.1) is 23.4 Å². The van der Waals surface area contributed by atoms with Crippen molar-refractivity contribution < 1.29 is 9.53 Å². The van der Waals surface area contributed by atoms with Gasteiger partial charge in [-0.15, -0.1) is 10.2 Å². The van der Waals surface area contributed by atoms with Crippen molar-refractivity contribution in [2.45, 2.75) is 31.0 Å². The molecule has 0 bridgehead atoms. The maximum Gasteiger partial charge on any atom is 0.230 e. The van der Waals surface area contributed by atoms with Crippen LogP contribution in [0.15, 0.2) is 53.7 Å². The van der Waals surface area contributed by atoms with Gasteiger partial charge in [-0.05, 0) is 37.1 Å². The van der Waals surface area contributed by atoms with E-state index in [0.717, 1.165) is 17.8 Å². The Kier molecular flexibility index (Phi) is 8.63. The molecule has 0 saturated heterocycles. The van der Waals surface area contributed by atoms with Gasteiger partial charge in [-0.3, -0.25) is 4.79 Å². The molecule has 1 atom stereocenters. The predicted octanol–water partition coefficient (Wildman–Crippen LogP) is 5.10. The van der Waals surface area contributed by atoms with Gasteiger partial charge in [0.25, 0.3) is 0 Å². The van der Waals surface area contributed by atoms with Crippen LogP contribution in [0.2, 0.25) is 10.0 Å². The quantitative estimate of drug-likeness (QED) is 0.324. The highest BCUT2D eigenvalue weighted by Crippen LogP contribution is 2.27. The van der Waals surface area contributed by atoms with Crippen LogP contribution in [0.3, 0.4) is 0 Å². The lowest BCUT2D eigenvalue weighted by Gasteiger charge is -2.14. The van der Waals surface area contributed by atoms with E-state index in [2.05, 4.69) is 15.5 Å². The van der Waals surface area contributed by atoms with Crippen LogP contribution < -0.4 is 10.1 Å². The summed E-state index contributed by atoms with van der Waals surface area (Å²) in [7, 11) is 1.90. The molecule has 0 spiro atoms. The molecule has 0 fully saturated rings. The van der Waals surface area contributed by atoms with E-state index < -0.39 is 0 Å². The van der Waals surface area contributed by atoms with E-state index in [1.807, 2.05) is 48.9 Å². The average Bonchev–Trinajstić information content (AvgIpc) is 3.11. The zero-order valence-electron chi connectivity index (χ0n) is 17.3. The van der Waals surface area contributed by atoms with Crippen LogP contribution in [-0.2, 0) is 18.3 Å². The summed E-state index contributed by atoms with van der Waals surface area (Å²) in [6, 6.07) is 15.0. The number of hydrogen-bond acceptors (Lipinski definition) is 5. The SMILES string of the molecule is CC(NC(=O)CSc1nnc(CCCOc2ccc(Cl)cc2Cl)n1C)c1ccccc1. The molecule has 0 radical (unpaired) electrons. The third kappa shape index (κ3) is 6.89. The molecule has 0 saturated carbocycles. The van der Waals surface area contributed by atoms with E-state index >= 15 is 0 Å². The van der Waals surface area contributed by atoms with Gasteiger partial charge in [0.15, 0.2) is 5.16 Å². The molecule has 6 nitrogen and oxygen atoms in total. The summed E-state index contributed by atoms with van der Waals surface area (Å²) in [5.74, 6) is 1.68. The zero-order valence-corrected chi connectivity index (χ0v) is 19.7. The summed E-state index contributed by atoms with van der Waals surface area (Å²) >= 11 is 13.4. The van der Waals surface area contributed by atoms with Gasteiger partial charge in [0.2, 0.25) is 5.91 Å². The molecule has 2 aromatic carbocycles.